The number of hydrogen-bond acceptors (Lipinski definition) is 3. The summed E-state index contributed by atoms with van der Waals surface area (Å²) < 4.78 is 0. The number of nitrogens with zero attached hydrogens (tertiary/aromatic N) is 3. The second kappa shape index (κ2) is 15.2. The average molecular weight is 804 g/mol. The molecule has 296 valence electrons. The molecule has 3 nitrogen and oxygen atoms in total. The minimum atomic E-state index is -0.385. The van der Waals surface area contributed by atoms with Crippen LogP contribution in [0.5, 0.6) is 0 Å². The zero-order valence-electron chi connectivity index (χ0n) is 34.6. The molecule has 63 heavy (non-hydrogen) atoms. The first-order valence-electron chi connectivity index (χ1n) is 21.8. The van der Waals surface area contributed by atoms with E-state index in [2.05, 4.69) is 188 Å². The first-order chi connectivity index (χ1) is 31.2. The van der Waals surface area contributed by atoms with Crippen molar-refractivity contribution in [1.29, 1.82) is 0 Å². The maximum absolute atomic E-state index is 5.15. The van der Waals surface area contributed by atoms with E-state index in [0.717, 1.165) is 57.0 Å². The molecule has 0 saturated carbocycles. The lowest BCUT2D eigenvalue weighted by atomic mass is 9.65. The molecule has 0 fully saturated rings. The molecule has 0 N–H and O–H groups in total. The van der Waals surface area contributed by atoms with Gasteiger partial charge in [0.05, 0.1) is 5.41 Å². The van der Waals surface area contributed by atoms with Crippen molar-refractivity contribution in [2.75, 3.05) is 0 Å². The maximum atomic E-state index is 5.15. The highest BCUT2D eigenvalue weighted by Gasteiger charge is 2.47. The van der Waals surface area contributed by atoms with Crippen molar-refractivity contribution in [2.24, 2.45) is 0 Å². The van der Waals surface area contributed by atoms with Crippen LogP contribution in [0.25, 0.3) is 83.5 Å². The summed E-state index contributed by atoms with van der Waals surface area (Å²) in [7, 11) is 0. The van der Waals surface area contributed by atoms with Crippen LogP contribution in [0, 0.1) is 0 Å². The first-order valence-corrected chi connectivity index (χ1v) is 21.8. The third-order valence-electron chi connectivity index (χ3n) is 13.1. The summed E-state index contributed by atoms with van der Waals surface area (Å²) in [5.74, 6) is 1.94. The van der Waals surface area contributed by atoms with Gasteiger partial charge in [-0.25, -0.2) is 15.0 Å². The number of aromatic nitrogens is 3. The number of allylic oxidation sites excluding steroid dienone is 4. The maximum Gasteiger partial charge on any atom is 0.164 e. The van der Waals surface area contributed by atoms with Crippen LogP contribution in [0.1, 0.15) is 35.1 Å². The molecule has 12 rings (SSSR count). The molecule has 0 amide bonds. The van der Waals surface area contributed by atoms with Gasteiger partial charge in [0.25, 0.3) is 0 Å². The zero-order valence-corrected chi connectivity index (χ0v) is 34.6. The molecule has 1 atom stereocenters. The summed E-state index contributed by atoms with van der Waals surface area (Å²) in [6, 6.07) is 76.4. The smallest absolute Gasteiger partial charge is 0.164 e. The van der Waals surface area contributed by atoms with Gasteiger partial charge in [0.1, 0.15) is 0 Å². The quantitative estimate of drug-likeness (QED) is 0.161. The fourth-order valence-corrected chi connectivity index (χ4v) is 10.3. The second-order valence-electron chi connectivity index (χ2n) is 16.6. The molecule has 0 bridgehead atoms. The Morgan fingerprint density at radius 3 is 1.49 bits per heavy atom. The van der Waals surface area contributed by atoms with Crippen LogP contribution in [0.4, 0.5) is 0 Å². The third kappa shape index (κ3) is 6.07. The van der Waals surface area contributed by atoms with E-state index in [-0.39, 0.29) is 5.41 Å². The molecular weight excluding hydrogens is 763 g/mol. The van der Waals surface area contributed by atoms with Crippen LogP contribution in [0.3, 0.4) is 0 Å². The predicted molar refractivity (Wildman–Crippen MR) is 260 cm³/mol. The Hall–Kier alpha value is -8.01. The van der Waals surface area contributed by atoms with Gasteiger partial charge in [0, 0.05) is 22.3 Å². The summed E-state index contributed by atoms with van der Waals surface area (Å²) in [5, 5.41) is 4.92. The first kappa shape index (κ1) is 36.8. The minimum absolute atomic E-state index is 0.385. The van der Waals surface area contributed by atoms with Crippen molar-refractivity contribution in [3.63, 3.8) is 0 Å². The Morgan fingerprint density at radius 1 is 0.365 bits per heavy atom. The lowest BCUT2D eigenvalue weighted by Crippen LogP contribution is -2.30. The van der Waals surface area contributed by atoms with E-state index in [9.17, 15) is 0 Å². The van der Waals surface area contributed by atoms with E-state index >= 15 is 0 Å². The van der Waals surface area contributed by atoms with Crippen molar-refractivity contribution in [3.8, 4) is 56.4 Å². The van der Waals surface area contributed by atoms with Gasteiger partial charge in [-0.05, 0) is 90.5 Å². The second-order valence-corrected chi connectivity index (χ2v) is 16.6. The van der Waals surface area contributed by atoms with Gasteiger partial charge in [-0.15, -0.1) is 0 Å². The fraction of sp³-hybridized carbons (Fsp3) is 0.0500. The number of rotatable bonds is 7. The summed E-state index contributed by atoms with van der Waals surface area (Å²) in [6.45, 7) is 0. The zero-order chi connectivity index (χ0) is 41.7. The van der Waals surface area contributed by atoms with Gasteiger partial charge in [-0.3, -0.25) is 0 Å². The monoisotopic (exact) mass is 803 g/mol. The van der Waals surface area contributed by atoms with E-state index in [1.54, 1.807) is 0 Å². The molecule has 1 unspecified atom stereocenters. The summed E-state index contributed by atoms with van der Waals surface area (Å²) in [4.78, 5) is 15.3. The molecule has 10 aromatic rings. The standard InChI is InChI=1S/C60H41N3/c1-4-18-45(19-5-1)57-61-58(46-20-6-2-7-21-46)63-59(62-57)52-38-34-42-16-10-12-24-49(42)55(52)44-30-28-40(29-31-44)41-32-36-48(37-33-41)60(47-22-8-3-9-23-47)53-27-15-14-26-51(53)56-50-25-13-11-17-43(50)35-39-54(56)60/h1-14,16-26,28-39H,15,27H2. The Kier molecular flexibility index (Phi) is 8.86. The van der Waals surface area contributed by atoms with E-state index in [1.807, 2.05) is 36.4 Å². The molecular formula is C60H41N3. The Labute approximate surface area is 367 Å². The van der Waals surface area contributed by atoms with Crippen molar-refractivity contribution < 1.29 is 0 Å². The SMILES string of the molecule is C1=CC2=C(CC1)C(c1ccccc1)(c1ccc(-c3ccc(-c4c(-c5nc(-c6ccccc6)nc(-c6ccccc6)n5)ccc5ccccc45)cc3)cc1)c1ccc3ccccc3c12. The molecule has 0 radical (unpaired) electrons. The fourth-order valence-electron chi connectivity index (χ4n) is 10.3. The summed E-state index contributed by atoms with van der Waals surface area (Å²) >= 11 is 0. The van der Waals surface area contributed by atoms with Gasteiger partial charge in [-0.1, -0.05) is 218 Å². The van der Waals surface area contributed by atoms with Gasteiger partial charge in [0.2, 0.25) is 0 Å². The van der Waals surface area contributed by atoms with Crippen LogP contribution < -0.4 is 0 Å². The Morgan fingerprint density at radius 2 is 0.857 bits per heavy atom. The molecule has 3 heteroatoms. The molecule has 2 aliphatic rings. The molecule has 0 aliphatic heterocycles. The van der Waals surface area contributed by atoms with Crippen molar-refractivity contribution >= 4 is 27.1 Å². The van der Waals surface area contributed by atoms with Gasteiger partial charge >= 0.3 is 0 Å². The highest BCUT2D eigenvalue weighted by atomic mass is 15.0. The Bertz CT molecular complexity index is 3350. The highest BCUT2D eigenvalue weighted by Crippen LogP contribution is 2.58. The van der Waals surface area contributed by atoms with Crippen molar-refractivity contribution in [1.82, 2.24) is 15.0 Å². The summed E-state index contributed by atoms with van der Waals surface area (Å²) in [5.41, 5.74) is 15.3. The molecule has 1 aromatic heterocycles. The van der Waals surface area contributed by atoms with E-state index in [0.29, 0.717) is 17.5 Å². The Balaban J connectivity index is 0.970. The number of fused-ring (bicyclic) bond motifs is 5. The predicted octanol–water partition coefficient (Wildman–Crippen LogP) is 15.0. The van der Waals surface area contributed by atoms with Crippen molar-refractivity contribution in [2.45, 2.75) is 18.3 Å². The molecule has 1 heterocycles. The average Bonchev–Trinajstić information content (AvgIpc) is 3.68. The topological polar surface area (TPSA) is 38.7 Å². The van der Waals surface area contributed by atoms with Crippen molar-refractivity contribution in [3.05, 3.63) is 252 Å². The number of benzene rings is 9. The lowest BCUT2D eigenvalue weighted by Gasteiger charge is -2.36. The van der Waals surface area contributed by atoms with Gasteiger partial charge in [0.15, 0.2) is 17.5 Å². The summed E-state index contributed by atoms with van der Waals surface area (Å²) in [6.07, 6.45) is 6.80. The molecule has 0 saturated heterocycles. The van der Waals surface area contributed by atoms with Gasteiger partial charge < -0.3 is 0 Å². The third-order valence-corrected chi connectivity index (χ3v) is 13.1. The molecule has 9 aromatic carbocycles. The highest BCUT2D eigenvalue weighted by molar-refractivity contribution is 6.05. The van der Waals surface area contributed by atoms with E-state index in [4.69, 9.17) is 15.0 Å². The van der Waals surface area contributed by atoms with Crippen LogP contribution in [-0.4, -0.2) is 15.0 Å². The minimum Gasteiger partial charge on any atom is -0.208 e. The van der Waals surface area contributed by atoms with Crippen LogP contribution in [-0.2, 0) is 5.41 Å². The largest absolute Gasteiger partial charge is 0.208 e. The van der Waals surface area contributed by atoms with E-state index < -0.39 is 0 Å². The van der Waals surface area contributed by atoms with Crippen LogP contribution in [0.2, 0.25) is 0 Å². The normalized spacial score (nSPS) is 15.4. The van der Waals surface area contributed by atoms with Gasteiger partial charge in [-0.2, -0.15) is 0 Å². The molecule has 0 spiro atoms. The van der Waals surface area contributed by atoms with E-state index in [1.165, 1.54) is 49.7 Å². The molecule has 2 aliphatic carbocycles. The lowest BCUT2D eigenvalue weighted by molar-refractivity contribution is 0.697. The van der Waals surface area contributed by atoms with Crippen LogP contribution in [0.15, 0.2) is 230 Å². The van der Waals surface area contributed by atoms with Crippen LogP contribution >= 0.6 is 0 Å². The number of hydrogen-bond donors (Lipinski definition) is 0.